The SMILES string of the molecule is O=C(O)C(=O)C=C(O)c1cn(Cc2ccc(Cl)cc2Cl)c2ccccc2c1=O. The fourth-order valence-corrected chi connectivity index (χ4v) is 3.22. The first-order chi connectivity index (χ1) is 13.3. The van der Waals surface area contributed by atoms with Gasteiger partial charge in [0.15, 0.2) is 5.43 Å². The van der Waals surface area contributed by atoms with E-state index < -0.39 is 22.9 Å². The Kier molecular flexibility index (Phi) is 5.53. The number of aliphatic hydroxyl groups is 1. The van der Waals surface area contributed by atoms with Crippen LogP contribution in [0.1, 0.15) is 11.1 Å². The number of rotatable bonds is 5. The lowest BCUT2D eigenvalue weighted by molar-refractivity contribution is -0.146. The number of pyridine rings is 1. The number of carbonyl (C=O) groups excluding carboxylic acids is 1. The molecule has 0 amide bonds. The van der Waals surface area contributed by atoms with Gasteiger partial charge >= 0.3 is 5.97 Å². The van der Waals surface area contributed by atoms with Crippen LogP contribution >= 0.6 is 23.2 Å². The second-order valence-corrected chi connectivity index (χ2v) is 6.80. The van der Waals surface area contributed by atoms with Crippen molar-refractivity contribution in [3.8, 4) is 0 Å². The first-order valence-corrected chi connectivity index (χ1v) is 8.78. The second-order valence-electron chi connectivity index (χ2n) is 5.95. The van der Waals surface area contributed by atoms with Crippen LogP contribution in [0.2, 0.25) is 10.0 Å². The van der Waals surface area contributed by atoms with Gasteiger partial charge < -0.3 is 14.8 Å². The van der Waals surface area contributed by atoms with E-state index >= 15 is 0 Å². The molecule has 0 spiro atoms. The van der Waals surface area contributed by atoms with Gasteiger partial charge in [0, 0.05) is 34.2 Å². The van der Waals surface area contributed by atoms with E-state index in [1.807, 2.05) is 0 Å². The van der Waals surface area contributed by atoms with Crippen molar-refractivity contribution in [1.29, 1.82) is 0 Å². The third-order valence-electron chi connectivity index (χ3n) is 4.10. The fraction of sp³-hybridized carbons (Fsp3) is 0.0500. The minimum atomic E-state index is -1.74. The van der Waals surface area contributed by atoms with Crippen LogP contribution in [0.3, 0.4) is 0 Å². The molecule has 0 saturated heterocycles. The van der Waals surface area contributed by atoms with Gasteiger partial charge in [-0.3, -0.25) is 9.59 Å². The highest BCUT2D eigenvalue weighted by atomic mass is 35.5. The zero-order chi connectivity index (χ0) is 20.4. The number of aliphatic carboxylic acids is 1. The van der Waals surface area contributed by atoms with Crippen LogP contribution in [0.15, 0.2) is 59.5 Å². The van der Waals surface area contributed by atoms with Crippen molar-refractivity contribution >= 4 is 51.6 Å². The van der Waals surface area contributed by atoms with Crippen LogP contribution in [0.4, 0.5) is 0 Å². The van der Waals surface area contributed by atoms with E-state index in [1.165, 1.54) is 6.20 Å². The molecule has 1 aromatic heterocycles. The number of carbonyl (C=O) groups is 2. The standard InChI is InChI=1S/C20H13Cl2NO5/c21-12-6-5-11(15(22)7-12)9-23-10-14(17(24)8-18(25)20(27)28)19(26)13-3-1-2-4-16(13)23/h1-8,10,24H,9H2,(H,27,28). The zero-order valence-electron chi connectivity index (χ0n) is 14.2. The van der Waals surface area contributed by atoms with Crippen molar-refractivity contribution in [3.63, 3.8) is 0 Å². The number of carboxylic acid groups (broad SMARTS) is 1. The highest BCUT2D eigenvalue weighted by molar-refractivity contribution is 6.38. The van der Waals surface area contributed by atoms with Gasteiger partial charge in [0.25, 0.3) is 5.78 Å². The molecule has 0 aliphatic carbocycles. The van der Waals surface area contributed by atoms with Gasteiger partial charge in [0.2, 0.25) is 0 Å². The molecule has 8 heteroatoms. The van der Waals surface area contributed by atoms with Crippen LogP contribution in [-0.4, -0.2) is 26.5 Å². The molecular weight excluding hydrogens is 405 g/mol. The Balaban J connectivity index is 2.19. The minimum absolute atomic E-state index is 0.196. The molecule has 142 valence electrons. The number of aromatic nitrogens is 1. The van der Waals surface area contributed by atoms with Crippen molar-refractivity contribution in [1.82, 2.24) is 4.57 Å². The Labute approximate surface area is 168 Å². The molecule has 0 saturated carbocycles. The highest BCUT2D eigenvalue weighted by Gasteiger charge is 2.16. The molecule has 0 bridgehead atoms. The Bertz CT molecular complexity index is 1200. The first-order valence-electron chi connectivity index (χ1n) is 8.02. The quantitative estimate of drug-likeness (QED) is 0.372. The van der Waals surface area contributed by atoms with Crippen molar-refractivity contribution in [2.24, 2.45) is 0 Å². The number of halogens is 2. The molecule has 0 aliphatic rings. The van der Waals surface area contributed by atoms with Crippen LogP contribution in [-0.2, 0) is 16.1 Å². The average Bonchev–Trinajstić information content (AvgIpc) is 2.65. The van der Waals surface area contributed by atoms with E-state index in [4.69, 9.17) is 28.3 Å². The summed E-state index contributed by atoms with van der Waals surface area (Å²) in [7, 11) is 0. The summed E-state index contributed by atoms with van der Waals surface area (Å²) in [4.78, 5) is 34.8. The third kappa shape index (κ3) is 3.93. The topological polar surface area (TPSA) is 96.6 Å². The van der Waals surface area contributed by atoms with Crippen molar-refractivity contribution in [2.45, 2.75) is 6.54 Å². The van der Waals surface area contributed by atoms with Crippen LogP contribution < -0.4 is 5.43 Å². The van der Waals surface area contributed by atoms with E-state index in [2.05, 4.69) is 0 Å². The van der Waals surface area contributed by atoms with Gasteiger partial charge in [-0.05, 0) is 29.8 Å². The molecule has 0 atom stereocenters. The number of para-hydroxylation sites is 1. The third-order valence-corrected chi connectivity index (χ3v) is 4.68. The first kappa shape index (κ1) is 19.7. The van der Waals surface area contributed by atoms with Gasteiger partial charge in [-0.2, -0.15) is 0 Å². The fourth-order valence-electron chi connectivity index (χ4n) is 2.76. The number of aliphatic hydroxyl groups excluding tert-OH is 1. The summed E-state index contributed by atoms with van der Waals surface area (Å²) in [6.07, 6.45) is 1.87. The summed E-state index contributed by atoms with van der Waals surface area (Å²) in [5, 5.41) is 20.1. The van der Waals surface area contributed by atoms with Crippen molar-refractivity contribution in [2.75, 3.05) is 0 Å². The van der Waals surface area contributed by atoms with Gasteiger partial charge in [0.1, 0.15) is 5.76 Å². The molecule has 2 aromatic carbocycles. The molecule has 0 aliphatic heterocycles. The molecule has 28 heavy (non-hydrogen) atoms. The maximum Gasteiger partial charge on any atom is 0.376 e. The summed E-state index contributed by atoms with van der Waals surface area (Å²) in [5.74, 6) is -3.79. The van der Waals surface area contributed by atoms with E-state index in [-0.39, 0.29) is 12.1 Å². The lowest BCUT2D eigenvalue weighted by atomic mass is 10.1. The van der Waals surface area contributed by atoms with Gasteiger partial charge in [-0.15, -0.1) is 0 Å². The molecule has 3 aromatic rings. The number of fused-ring (bicyclic) bond motifs is 1. The molecule has 0 fully saturated rings. The Hall–Kier alpha value is -3.09. The number of ketones is 1. The molecular formula is C20H13Cl2NO5. The lowest BCUT2D eigenvalue weighted by Crippen LogP contribution is -2.16. The van der Waals surface area contributed by atoms with Crippen LogP contribution in [0.5, 0.6) is 0 Å². The number of hydrogen-bond donors (Lipinski definition) is 2. The van der Waals surface area contributed by atoms with Crippen molar-refractivity contribution in [3.05, 3.63) is 86.1 Å². The Morgan fingerprint density at radius 2 is 1.79 bits per heavy atom. The normalized spacial score (nSPS) is 11.6. The number of carboxylic acids is 1. The van der Waals surface area contributed by atoms with Crippen LogP contribution in [0, 0.1) is 0 Å². The predicted octanol–water partition coefficient (Wildman–Crippen LogP) is 3.91. The highest BCUT2D eigenvalue weighted by Crippen LogP contribution is 2.24. The maximum absolute atomic E-state index is 12.7. The van der Waals surface area contributed by atoms with E-state index in [1.54, 1.807) is 47.0 Å². The predicted molar refractivity (Wildman–Crippen MR) is 107 cm³/mol. The summed E-state index contributed by atoms with van der Waals surface area (Å²) < 4.78 is 1.68. The van der Waals surface area contributed by atoms with Crippen molar-refractivity contribution < 1.29 is 19.8 Å². The molecule has 0 unspecified atom stereocenters. The lowest BCUT2D eigenvalue weighted by Gasteiger charge is -2.14. The number of nitrogens with zero attached hydrogens (tertiary/aromatic N) is 1. The van der Waals surface area contributed by atoms with E-state index in [9.17, 15) is 19.5 Å². The molecule has 3 rings (SSSR count). The Morgan fingerprint density at radius 3 is 2.46 bits per heavy atom. The largest absolute Gasteiger partial charge is 0.507 e. The minimum Gasteiger partial charge on any atom is -0.507 e. The number of hydrogen-bond acceptors (Lipinski definition) is 4. The van der Waals surface area contributed by atoms with Gasteiger partial charge in [-0.25, -0.2) is 4.79 Å². The summed E-state index contributed by atoms with van der Waals surface area (Å²) in [6.45, 7) is 0.254. The zero-order valence-corrected chi connectivity index (χ0v) is 15.7. The van der Waals surface area contributed by atoms with Gasteiger partial charge in [-0.1, -0.05) is 41.4 Å². The molecule has 0 radical (unpaired) electrons. The monoisotopic (exact) mass is 417 g/mol. The smallest absolute Gasteiger partial charge is 0.376 e. The van der Waals surface area contributed by atoms with Gasteiger partial charge in [0.05, 0.1) is 11.1 Å². The maximum atomic E-state index is 12.7. The van der Waals surface area contributed by atoms with Crippen LogP contribution in [0.25, 0.3) is 16.7 Å². The second kappa shape index (κ2) is 7.88. The van der Waals surface area contributed by atoms with E-state index in [0.29, 0.717) is 27.0 Å². The summed E-state index contributed by atoms with van der Waals surface area (Å²) in [6, 6.07) is 11.7. The number of benzene rings is 2. The summed E-state index contributed by atoms with van der Waals surface area (Å²) >= 11 is 12.2. The molecule has 2 N–H and O–H groups in total. The average molecular weight is 418 g/mol. The Morgan fingerprint density at radius 1 is 1.07 bits per heavy atom. The summed E-state index contributed by atoms with van der Waals surface area (Å²) in [5.41, 5.74) is 0.579. The molecule has 6 nitrogen and oxygen atoms in total. The molecule has 1 heterocycles. The van der Waals surface area contributed by atoms with E-state index in [0.717, 1.165) is 5.56 Å².